The topological polar surface area (TPSA) is 38.7 Å². The van der Waals surface area contributed by atoms with E-state index in [0.717, 1.165) is 32.3 Å². The number of thiophene rings is 1. The third-order valence-corrected chi connectivity index (χ3v) is 12.6. The van der Waals surface area contributed by atoms with Crippen LogP contribution < -0.4 is 4.40 Å². The maximum atomic E-state index is 12.8. The molecule has 0 bridgehead atoms. The first kappa shape index (κ1) is 25.6. The summed E-state index contributed by atoms with van der Waals surface area (Å²) >= 11 is -0.432. The number of benzene rings is 3. The molecule has 0 amide bonds. The van der Waals surface area contributed by atoms with Gasteiger partial charge in [-0.3, -0.25) is 0 Å². The molecule has 0 aliphatic heterocycles. The van der Waals surface area contributed by atoms with E-state index in [-0.39, 0.29) is 37.2 Å². The van der Waals surface area contributed by atoms with E-state index in [1.807, 2.05) is 48.7 Å². The number of aromatic nitrogens is 3. The molecule has 7 heteroatoms. The quantitative estimate of drug-likeness (QED) is 0.131. The van der Waals surface area contributed by atoms with Gasteiger partial charge in [-0.05, 0) is 46.7 Å². The standard InChI is InChI=1S/C24H17N2S.C14H15FGeN.Ir/c1-15-13-22(25-14-21(15)17-7-4-3-5-8-17)20-10-6-9-18-19-12-11-16(2)26-24(19)27-23(18)20;1-16(2,3)13-8-9-14(17-10-13)11-4-6-12(15)7-5-11;/h3-9,11-14H,1-2H3;4,6-10H,1-3H3;/q2*-1;/i1D3,2D3;;. The Kier molecular flexibility index (Phi) is 7.88. The molecular formula is C38H32FGeIrN3S-2. The molecule has 1 radical (unpaired) electrons. The molecule has 0 unspecified atom stereocenters. The molecule has 0 saturated heterocycles. The number of nitrogens with zero attached hydrogens (tertiary/aromatic N) is 3. The first-order valence-corrected chi connectivity index (χ1v) is 22.2. The number of rotatable bonds is 4. The predicted molar refractivity (Wildman–Crippen MR) is 186 cm³/mol. The normalized spacial score (nSPS) is 13.7. The molecule has 7 rings (SSSR count). The minimum Gasteiger partial charge on any atom is 0 e. The number of fused-ring (bicyclic) bond motifs is 3. The Morgan fingerprint density at radius 2 is 1.64 bits per heavy atom. The molecule has 0 aliphatic carbocycles. The third kappa shape index (κ3) is 7.31. The zero-order valence-corrected chi connectivity index (χ0v) is 30.1. The zero-order valence-electron chi connectivity index (χ0n) is 30.8. The van der Waals surface area contributed by atoms with Gasteiger partial charge in [0.15, 0.2) is 0 Å². The maximum absolute atomic E-state index is 12.8. The molecule has 3 aromatic carbocycles. The number of hydrogen-bond acceptors (Lipinski definition) is 4. The number of halogens is 1. The molecule has 3 nitrogen and oxygen atoms in total. The molecule has 45 heavy (non-hydrogen) atoms. The van der Waals surface area contributed by atoms with Gasteiger partial charge in [-0.15, -0.1) is 23.8 Å². The summed E-state index contributed by atoms with van der Waals surface area (Å²) < 4.78 is 62.2. The predicted octanol–water partition coefficient (Wildman–Crippen LogP) is 9.83. The molecule has 0 atom stereocenters. The monoisotopic (exact) mass is 854 g/mol. The number of aryl methyl sites for hydroxylation is 2. The van der Waals surface area contributed by atoms with Crippen molar-refractivity contribution < 1.29 is 32.7 Å². The van der Waals surface area contributed by atoms with E-state index in [1.54, 1.807) is 30.5 Å². The van der Waals surface area contributed by atoms with Crippen LogP contribution in [-0.2, 0) is 20.1 Å². The van der Waals surface area contributed by atoms with Crippen molar-refractivity contribution in [1.82, 2.24) is 15.0 Å². The van der Waals surface area contributed by atoms with Gasteiger partial charge in [0.25, 0.3) is 0 Å². The van der Waals surface area contributed by atoms with Crippen molar-refractivity contribution >= 4 is 49.3 Å². The second kappa shape index (κ2) is 13.8. The van der Waals surface area contributed by atoms with Crippen molar-refractivity contribution in [2.75, 3.05) is 0 Å². The van der Waals surface area contributed by atoms with Crippen molar-refractivity contribution in [3.8, 4) is 33.6 Å². The van der Waals surface area contributed by atoms with Crippen LogP contribution in [0.4, 0.5) is 4.39 Å². The second-order valence-electron chi connectivity index (χ2n) is 11.3. The second-order valence-corrected chi connectivity index (χ2v) is 23.0. The van der Waals surface area contributed by atoms with Gasteiger partial charge >= 0.3 is 104 Å². The summed E-state index contributed by atoms with van der Waals surface area (Å²) in [6.07, 6.45) is 3.55. The summed E-state index contributed by atoms with van der Waals surface area (Å²) in [5.74, 6) is 6.73. The summed E-state index contributed by atoms with van der Waals surface area (Å²) in [5, 5.41) is 1.74. The molecule has 0 saturated carbocycles. The number of hydrogen-bond donors (Lipinski definition) is 0. The van der Waals surface area contributed by atoms with E-state index < -0.39 is 27.0 Å². The molecule has 4 aromatic heterocycles. The Hall–Kier alpha value is -3.55. The minimum atomic E-state index is -2.33. The summed E-state index contributed by atoms with van der Waals surface area (Å²) in [7, 11) is 0. The Bertz CT molecular complexity index is 2290. The van der Waals surface area contributed by atoms with Gasteiger partial charge in [0.05, 0.1) is 0 Å². The van der Waals surface area contributed by atoms with Gasteiger partial charge in [0.2, 0.25) is 0 Å². The SMILES string of the molecule is [2H]C([2H])([2H])c1ccc2c(n1)sc1c(-c3cc(C([2H])([2H])[2H])c(-c4ccccc4)cn3)[c-]ccc12.[CH3][Ge]([CH3])([CH3])[c]1ccc(-c2[c-]cc(F)cc2)nc1.[Ir]. The molecule has 7 aromatic rings. The molecule has 227 valence electrons. The first-order valence-electron chi connectivity index (χ1n) is 17.0. The van der Waals surface area contributed by atoms with Gasteiger partial charge in [-0.1, -0.05) is 47.9 Å². The van der Waals surface area contributed by atoms with E-state index in [4.69, 9.17) is 8.22 Å². The van der Waals surface area contributed by atoms with Crippen molar-refractivity contribution in [3.63, 3.8) is 0 Å². The van der Waals surface area contributed by atoms with Crippen LogP contribution in [0.1, 0.15) is 19.5 Å². The Labute approximate surface area is 292 Å². The summed E-state index contributed by atoms with van der Waals surface area (Å²) in [6, 6.07) is 32.6. The fraction of sp³-hybridized carbons (Fsp3) is 0.132. The smallest absolute Gasteiger partial charge is 0 e. The van der Waals surface area contributed by atoms with Crippen LogP contribution in [-0.4, -0.2) is 28.2 Å². The van der Waals surface area contributed by atoms with Crippen LogP contribution in [0.3, 0.4) is 0 Å². The Balaban J connectivity index is 0.000000237. The summed E-state index contributed by atoms with van der Waals surface area (Å²) in [5.41, 5.74) is 4.44. The van der Waals surface area contributed by atoms with Gasteiger partial charge in [-0.25, -0.2) is 4.98 Å². The zero-order chi connectivity index (χ0) is 35.8. The van der Waals surface area contributed by atoms with E-state index in [9.17, 15) is 4.39 Å². The Morgan fingerprint density at radius 3 is 2.33 bits per heavy atom. The molecule has 0 aliphatic rings. The fourth-order valence-corrected chi connectivity index (χ4v) is 8.17. The minimum absolute atomic E-state index is 0. The van der Waals surface area contributed by atoms with Crippen molar-refractivity contribution in [2.45, 2.75) is 31.0 Å². The van der Waals surface area contributed by atoms with Gasteiger partial charge < -0.3 is 4.98 Å². The van der Waals surface area contributed by atoms with E-state index >= 15 is 0 Å². The molecule has 0 N–H and O–H groups in total. The van der Waals surface area contributed by atoms with Gasteiger partial charge in [0, 0.05) is 45.8 Å². The average molecular weight is 853 g/mol. The number of pyridine rings is 3. The summed E-state index contributed by atoms with van der Waals surface area (Å²) in [6.45, 7) is -4.62. The average Bonchev–Trinajstić information content (AvgIpc) is 3.46. The van der Waals surface area contributed by atoms with Crippen LogP contribution in [0, 0.1) is 31.7 Å². The van der Waals surface area contributed by atoms with E-state index in [0.29, 0.717) is 21.7 Å². The first-order chi connectivity index (χ1) is 23.6. The van der Waals surface area contributed by atoms with Crippen LogP contribution in [0.5, 0.6) is 0 Å². The van der Waals surface area contributed by atoms with Crippen LogP contribution in [0.2, 0.25) is 17.3 Å². The molecule has 0 spiro atoms. The van der Waals surface area contributed by atoms with Crippen molar-refractivity contribution in [2.24, 2.45) is 0 Å². The Morgan fingerprint density at radius 1 is 0.822 bits per heavy atom. The van der Waals surface area contributed by atoms with Crippen LogP contribution in [0.25, 0.3) is 53.9 Å². The fourth-order valence-electron chi connectivity index (χ4n) is 4.81. The van der Waals surface area contributed by atoms with Crippen LogP contribution in [0.15, 0.2) is 103 Å². The maximum Gasteiger partial charge on any atom is 0 e. The van der Waals surface area contributed by atoms with Crippen molar-refractivity contribution in [3.05, 3.63) is 133 Å². The van der Waals surface area contributed by atoms with Crippen LogP contribution >= 0.6 is 11.3 Å². The van der Waals surface area contributed by atoms with E-state index in [1.165, 1.54) is 33.9 Å². The van der Waals surface area contributed by atoms with Crippen molar-refractivity contribution in [1.29, 1.82) is 0 Å². The molecule has 4 heterocycles. The van der Waals surface area contributed by atoms with E-state index in [2.05, 4.69) is 50.4 Å². The third-order valence-electron chi connectivity index (χ3n) is 7.22. The summed E-state index contributed by atoms with van der Waals surface area (Å²) in [4.78, 5) is 14.0. The molecular weight excluding hydrogens is 814 g/mol. The van der Waals surface area contributed by atoms with Gasteiger partial charge in [0.1, 0.15) is 4.83 Å². The van der Waals surface area contributed by atoms with Gasteiger partial charge in [-0.2, -0.15) is 11.3 Å². The largest absolute Gasteiger partial charge is 0 e. The molecule has 0 fully saturated rings.